The van der Waals surface area contributed by atoms with Crippen molar-refractivity contribution in [3.05, 3.63) is 39.4 Å². The molecule has 0 unspecified atom stereocenters. The average Bonchev–Trinajstić information content (AvgIpc) is 2.47. The first kappa shape index (κ1) is 15.7. The van der Waals surface area contributed by atoms with Crippen molar-refractivity contribution in [1.29, 1.82) is 0 Å². The first-order valence-corrected chi connectivity index (χ1v) is 7.47. The maximum Gasteiger partial charge on any atom is 0.261 e. The predicted molar refractivity (Wildman–Crippen MR) is 85.3 cm³/mol. The van der Waals surface area contributed by atoms with E-state index in [4.69, 9.17) is 0 Å². The Morgan fingerprint density at radius 3 is 2.95 bits per heavy atom. The summed E-state index contributed by atoms with van der Waals surface area (Å²) in [6, 6.07) is 5.31. The quantitative estimate of drug-likeness (QED) is 0.757. The van der Waals surface area contributed by atoms with Crippen LogP contribution in [-0.4, -0.2) is 35.6 Å². The SMILES string of the molecule is CNCCCNC(=O)Cn1cnc2ccc(Br)cc2c1=O. The normalized spacial score (nSPS) is 10.8. The molecular formula is C14H17BrN4O2. The van der Waals surface area contributed by atoms with Gasteiger partial charge in [-0.3, -0.25) is 14.2 Å². The summed E-state index contributed by atoms with van der Waals surface area (Å²) in [5.41, 5.74) is 0.403. The summed E-state index contributed by atoms with van der Waals surface area (Å²) in [6.45, 7) is 1.40. The number of carbonyl (C=O) groups excluding carboxylic acids is 1. The minimum Gasteiger partial charge on any atom is -0.355 e. The van der Waals surface area contributed by atoms with Crippen LogP contribution in [0.5, 0.6) is 0 Å². The van der Waals surface area contributed by atoms with Crippen molar-refractivity contribution in [1.82, 2.24) is 20.2 Å². The number of nitrogens with zero attached hydrogens (tertiary/aromatic N) is 2. The Labute approximate surface area is 130 Å². The van der Waals surface area contributed by atoms with E-state index >= 15 is 0 Å². The summed E-state index contributed by atoms with van der Waals surface area (Å²) < 4.78 is 2.13. The molecule has 1 aromatic heterocycles. The molecule has 21 heavy (non-hydrogen) atoms. The van der Waals surface area contributed by atoms with Crippen molar-refractivity contribution >= 4 is 32.7 Å². The molecule has 0 bridgehead atoms. The van der Waals surface area contributed by atoms with Gasteiger partial charge in [0.25, 0.3) is 5.56 Å². The Kier molecular flexibility index (Phi) is 5.46. The van der Waals surface area contributed by atoms with Gasteiger partial charge in [0.2, 0.25) is 5.91 Å². The summed E-state index contributed by atoms with van der Waals surface area (Å²) in [5.74, 6) is -0.190. The van der Waals surface area contributed by atoms with Crippen molar-refractivity contribution in [3.8, 4) is 0 Å². The fourth-order valence-corrected chi connectivity index (χ4v) is 2.31. The van der Waals surface area contributed by atoms with Crippen LogP contribution < -0.4 is 16.2 Å². The molecule has 0 spiro atoms. The average molecular weight is 353 g/mol. The smallest absolute Gasteiger partial charge is 0.261 e. The number of amides is 1. The van der Waals surface area contributed by atoms with Crippen molar-refractivity contribution in [3.63, 3.8) is 0 Å². The van der Waals surface area contributed by atoms with Crippen LogP contribution >= 0.6 is 15.9 Å². The number of halogens is 1. The lowest BCUT2D eigenvalue weighted by Gasteiger charge is -2.08. The molecule has 0 aliphatic heterocycles. The lowest BCUT2D eigenvalue weighted by molar-refractivity contribution is -0.121. The van der Waals surface area contributed by atoms with Crippen LogP contribution in [0.2, 0.25) is 0 Å². The van der Waals surface area contributed by atoms with Crippen LogP contribution in [-0.2, 0) is 11.3 Å². The van der Waals surface area contributed by atoms with Gasteiger partial charge in [-0.15, -0.1) is 0 Å². The summed E-state index contributed by atoms with van der Waals surface area (Å²) in [5, 5.41) is 6.28. The molecule has 0 fully saturated rings. The van der Waals surface area contributed by atoms with E-state index < -0.39 is 0 Å². The Balaban J connectivity index is 2.10. The zero-order valence-corrected chi connectivity index (χ0v) is 13.3. The third kappa shape index (κ3) is 4.12. The first-order valence-electron chi connectivity index (χ1n) is 6.68. The van der Waals surface area contributed by atoms with Gasteiger partial charge in [0.1, 0.15) is 6.54 Å². The van der Waals surface area contributed by atoms with Gasteiger partial charge >= 0.3 is 0 Å². The molecule has 1 amide bonds. The Morgan fingerprint density at radius 1 is 1.38 bits per heavy atom. The maximum absolute atomic E-state index is 12.3. The van der Waals surface area contributed by atoms with Crippen molar-refractivity contribution in [2.24, 2.45) is 0 Å². The fourth-order valence-electron chi connectivity index (χ4n) is 1.95. The van der Waals surface area contributed by atoms with Gasteiger partial charge in [-0.2, -0.15) is 0 Å². The van der Waals surface area contributed by atoms with Gasteiger partial charge in [-0.25, -0.2) is 4.98 Å². The number of hydrogen-bond acceptors (Lipinski definition) is 4. The van der Waals surface area contributed by atoms with Crippen LogP contribution in [0, 0.1) is 0 Å². The second kappa shape index (κ2) is 7.33. The second-order valence-electron chi connectivity index (χ2n) is 4.65. The van der Waals surface area contributed by atoms with E-state index in [1.807, 2.05) is 13.1 Å². The van der Waals surface area contributed by atoms with Crippen LogP contribution in [0.15, 0.2) is 33.8 Å². The molecule has 1 aromatic carbocycles. The Hall–Kier alpha value is -1.73. The molecule has 2 rings (SSSR count). The third-order valence-electron chi connectivity index (χ3n) is 3.03. The monoisotopic (exact) mass is 352 g/mol. The molecule has 0 atom stereocenters. The highest BCUT2D eigenvalue weighted by Gasteiger charge is 2.08. The minimum absolute atomic E-state index is 0.0200. The number of benzene rings is 1. The molecule has 0 saturated carbocycles. The highest BCUT2D eigenvalue weighted by molar-refractivity contribution is 9.10. The van der Waals surface area contributed by atoms with Gasteiger partial charge < -0.3 is 10.6 Å². The van der Waals surface area contributed by atoms with E-state index in [-0.39, 0.29) is 18.0 Å². The molecule has 112 valence electrons. The largest absolute Gasteiger partial charge is 0.355 e. The fraction of sp³-hybridized carbons (Fsp3) is 0.357. The Bertz CT molecular complexity index is 699. The van der Waals surface area contributed by atoms with Crippen LogP contribution in [0.4, 0.5) is 0 Å². The highest BCUT2D eigenvalue weighted by Crippen LogP contribution is 2.14. The molecule has 0 saturated heterocycles. The summed E-state index contributed by atoms with van der Waals surface area (Å²) in [7, 11) is 1.86. The lowest BCUT2D eigenvalue weighted by Crippen LogP contribution is -2.33. The molecule has 6 nitrogen and oxygen atoms in total. The van der Waals surface area contributed by atoms with Crippen molar-refractivity contribution in [2.45, 2.75) is 13.0 Å². The zero-order chi connectivity index (χ0) is 15.2. The number of hydrogen-bond donors (Lipinski definition) is 2. The van der Waals surface area contributed by atoms with E-state index in [0.29, 0.717) is 17.4 Å². The van der Waals surface area contributed by atoms with Crippen LogP contribution in [0.3, 0.4) is 0 Å². The van der Waals surface area contributed by atoms with Crippen LogP contribution in [0.1, 0.15) is 6.42 Å². The molecule has 2 N–H and O–H groups in total. The number of carbonyl (C=O) groups is 1. The van der Waals surface area contributed by atoms with E-state index in [9.17, 15) is 9.59 Å². The van der Waals surface area contributed by atoms with Gasteiger partial charge in [0.15, 0.2) is 0 Å². The zero-order valence-electron chi connectivity index (χ0n) is 11.7. The first-order chi connectivity index (χ1) is 10.1. The summed E-state index contributed by atoms with van der Waals surface area (Å²) in [4.78, 5) is 28.3. The Morgan fingerprint density at radius 2 is 2.19 bits per heavy atom. The minimum atomic E-state index is -0.216. The molecule has 0 radical (unpaired) electrons. The molecule has 0 aliphatic rings. The van der Waals surface area contributed by atoms with Crippen molar-refractivity contribution < 1.29 is 4.79 Å². The second-order valence-corrected chi connectivity index (χ2v) is 5.56. The number of nitrogens with one attached hydrogen (secondary N) is 2. The molecule has 1 heterocycles. The van der Waals surface area contributed by atoms with E-state index in [1.165, 1.54) is 10.9 Å². The van der Waals surface area contributed by atoms with E-state index in [2.05, 4.69) is 31.5 Å². The number of fused-ring (bicyclic) bond motifs is 1. The van der Waals surface area contributed by atoms with Gasteiger partial charge in [-0.05, 0) is 38.2 Å². The van der Waals surface area contributed by atoms with Gasteiger partial charge in [-0.1, -0.05) is 15.9 Å². The summed E-state index contributed by atoms with van der Waals surface area (Å²) >= 11 is 3.33. The lowest BCUT2D eigenvalue weighted by atomic mass is 10.2. The van der Waals surface area contributed by atoms with E-state index in [1.54, 1.807) is 12.1 Å². The standard InChI is InChI=1S/C14H17BrN4O2/c1-16-5-2-6-17-13(20)8-19-9-18-12-4-3-10(15)7-11(12)14(19)21/h3-4,7,9,16H,2,5-6,8H2,1H3,(H,17,20). The molecule has 0 aliphatic carbocycles. The highest BCUT2D eigenvalue weighted by atomic mass is 79.9. The van der Waals surface area contributed by atoms with E-state index in [0.717, 1.165) is 17.4 Å². The van der Waals surface area contributed by atoms with Crippen LogP contribution in [0.25, 0.3) is 10.9 Å². The molecule has 7 heteroatoms. The molecular weight excluding hydrogens is 336 g/mol. The maximum atomic E-state index is 12.3. The summed E-state index contributed by atoms with van der Waals surface area (Å²) in [6.07, 6.45) is 2.26. The van der Waals surface area contributed by atoms with Gasteiger partial charge in [0, 0.05) is 11.0 Å². The topological polar surface area (TPSA) is 76.0 Å². The molecule has 2 aromatic rings. The number of aromatic nitrogens is 2. The predicted octanol–water partition coefficient (Wildman–Crippen LogP) is 0.885. The van der Waals surface area contributed by atoms with Gasteiger partial charge in [0.05, 0.1) is 17.2 Å². The van der Waals surface area contributed by atoms with Crippen molar-refractivity contribution in [2.75, 3.05) is 20.1 Å². The third-order valence-corrected chi connectivity index (χ3v) is 3.52. The number of rotatable bonds is 6.